The van der Waals surface area contributed by atoms with Crippen molar-refractivity contribution in [2.45, 2.75) is 45.8 Å². The lowest BCUT2D eigenvalue weighted by molar-refractivity contribution is -0.141. The van der Waals surface area contributed by atoms with Crippen LogP contribution in [-0.2, 0) is 6.18 Å². The van der Waals surface area contributed by atoms with Crippen LogP contribution in [0.1, 0.15) is 59.9 Å². The normalized spacial score (nSPS) is 15.6. The fraction of sp³-hybridized carbons (Fsp3) is 0.400. The Balaban J connectivity index is 0.000000878. The minimum atomic E-state index is -4.67. The minimum Gasteiger partial charge on any atom is -0.385 e. The quantitative estimate of drug-likeness (QED) is 0.705. The Labute approximate surface area is 161 Å². The maximum absolute atomic E-state index is 12.6. The second kappa shape index (κ2) is 8.95. The lowest BCUT2D eigenvalue weighted by atomic mass is 9.96. The molecule has 0 bridgehead atoms. The van der Waals surface area contributed by atoms with Gasteiger partial charge in [-0.3, -0.25) is 9.59 Å². The Morgan fingerprint density at radius 2 is 1.89 bits per heavy atom. The molecule has 0 spiro atoms. The monoisotopic (exact) mass is 395 g/mol. The van der Waals surface area contributed by atoms with E-state index in [0.29, 0.717) is 19.0 Å². The molecule has 0 saturated carbocycles. The molecule has 2 aromatic rings. The number of carbonyl (C=O) groups excluding carboxylic acids is 1. The van der Waals surface area contributed by atoms with Crippen LogP contribution in [0.3, 0.4) is 0 Å². The first-order valence-electron chi connectivity index (χ1n) is 9.13. The summed E-state index contributed by atoms with van der Waals surface area (Å²) in [7, 11) is 0. The lowest BCUT2D eigenvalue weighted by Crippen LogP contribution is -2.36. The second-order valence-electron chi connectivity index (χ2n) is 6.65. The topological polar surface area (TPSA) is 74.0 Å². The van der Waals surface area contributed by atoms with Gasteiger partial charge >= 0.3 is 6.18 Å². The highest BCUT2D eigenvalue weighted by atomic mass is 19.4. The molecule has 0 unspecified atom stereocenters. The molecule has 152 valence electrons. The van der Waals surface area contributed by atoms with Crippen LogP contribution in [0.15, 0.2) is 35.1 Å². The van der Waals surface area contributed by atoms with Gasteiger partial charge in [0, 0.05) is 12.2 Å². The van der Waals surface area contributed by atoms with Gasteiger partial charge < -0.3 is 15.6 Å². The van der Waals surface area contributed by atoms with Crippen LogP contribution in [0.2, 0.25) is 0 Å². The number of aromatic amines is 1. The summed E-state index contributed by atoms with van der Waals surface area (Å²) in [5, 5.41) is 5.96. The maximum Gasteiger partial charge on any atom is 0.431 e. The van der Waals surface area contributed by atoms with Gasteiger partial charge in [-0.15, -0.1) is 0 Å². The molecule has 1 aliphatic heterocycles. The summed E-state index contributed by atoms with van der Waals surface area (Å²) in [5.74, 6) is -0.700. The SMILES string of the molecule is CCC.Cc1ccc2c(c1)[C@H](NC(=O)c1ccc(C(F)(F)F)[nH]c1=O)CCN2. The van der Waals surface area contributed by atoms with Crippen LogP contribution >= 0.6 is 0 Å². The number of hydrogen-bond acceptors (Lipinski definition) is 3. The average Bonchev–Trinajstić information content (AvgIpc) is 2.62. The third kappa shape index (κ3) is 5.15. The molecule has 0 radical (unpaired) electrons. The van der Waals surface area contributed by atoms with Crippen molar-refractivity contribution in [2.24, 2.45) is 0 Å². The number of H-pyrrole nitrogens is 1. The minimum absolute atomic E-state index is 0.314. The Kier molecular flexibility index (Phi) is 6.88. The molecule has 1 aliphatic rings. The average molecular weight is 395 g/mol. The van der Waals surface area contributed by atoms with E-state index < -0.39 is 23.3 Å². The van der Waals surface area contributed by atoms with Gasteiger partial charge in [-0.2, -0.15) is 13.2 Å². The summed E-state index contributed by atoms with van der Waals surface area (Å²) in [6, 6.07) is 7.06. The van der Waals surface area contributed by atoms with Crippen molar-refractivity contribution in [1.29, 1.82) is 0 Å². The van der Waals surface area contributed by atoms with Crippen molar-refractivity contribution in [2.75, 3.05) is 11.9 Å². The first kappa shape index (κ1) is 21.5. The highest BCUT2D eigenvalue weighted by Gasteiger charge is 2.32. The predicted molar refractivity (Wildman–Crippen MR) is 103 cm³/mol. The fourth-order valence-electron chi connectivity index (χ4n) is 2.84. The molecule has 28 heavy (non-hydrogen) atoms. The number of aryl methyl sites for hydroxylation is 1. The molecular weight excluding hydrogens is 371 g/mol. The zero-order valence-electron chi connectivity index (χ0n) is 16.0. The van der Waals surface area contributed by atoms with E-state index in [1.165, 1.54) is 6.42 Å². The Bertz CT molecular complexity index is 891. The van der Waals surface area contributed by atoms with Crippen LogP contribution in [0, 0.1) is 6.92 Å². The number of carbonyl (C=O) groups is 1. The second-order valence-corrected chi connectivity index (χ2v) is 6.65. The van der Waals surface area contributed by atoms with E-state index in [4.69, 9.17) is 0 Å². The number of halogens is 3. The number of fused-ring (bicyclic) bond motifs is 1. The number of alkyl halides is 3. The van der Waals surface area contributed by atoms with Crippen molar-refractivity contribution in [3.8, 4) is 0 Å². The fourth-order valence-corrected chi connectivity index (χ4v) is 2.84. The first-order valence-corrected chi connectivity index (χ1v) is 9.13. The van der Waals surface area contributed by atoms with E-state index in [2.05, 4.69) is 24.5 Å². The molecule has 1 amide bonds. The largest absolute Gasteiger partial charge is 0.431 e. The molecule has 0 saturated heterocycles. The zero-order valence-corrected chi connectivity index (χ0v) is 16.0. The third-order valence-corrected chi connectivity index (χ3v) is 4.10. The summed E-state index contributed by atoms with van der Waals surface area (Å²) in [5.41, 5.74) is 0.212. The van der Waals surface area contributed by atoms with Crippen LogP contribution in [0.4, 0.5) is 18.9 Å². The molecular formula is C20H24F3N3O2. The van der Waals surface area contributed by atoms with Crippen molar-refractivity contribution < 1.29 is 18.0 Å². The van der Waals surface area contributed by atoms with E-state index in [1.807, 2.05) is 25.1 Å². The first-order chi connectivity index (χ1) is 13.2. The van der Waals surface area contributed by atoms with Gasteiger partial charge in [0.25, 0.3) is 11.5 Å². The van der Waals surface area contributed by atoms with Crippen molar-refractivity contribution >= 4 is 11.6 Å². The Morgan fingerprint density at radius 3 is 2.50 bits per heavy atom. The number of pyridine rings is 1. The molecule has 1 aromatic heterocycles. The Morgan fingerprint density at radius 1 is 1.21 bits per heavy atom. The molecule has 2 heterocycles. The van der Waals surface area contributed by atoms with Gasteiger partial charge in [0.2, 0.25) is 0 Å². The van der Waals surface area contributed by atoms with Gasteiger partial charge in [-0.1, -0.05) is 38.0 Å². The van der Waals surface area contributed by atoms with Gasteiger partial charge in [-0.05, 0) is 37.1 Å². The summed E-state index contributed by atoms with van der Waals surface area (Å²) in [6.45, 7) is 6.82. The lowest BCUT2D eigenvalue weighted by Gasteiger charge is -2.28. The van der Waals surface area contributed by atoms with E-state index in [1.54, 1.807) is 4.98 Å². The summed E-state index contributed by atoms with van der Waals surface area (Å²) >= 11 is 0. The van der Waals surface area contributed by atoms with Crippen molar-refractivity contribution in [1.82, 2.24) is 10.3 Å². The van der Waals surface area contributed by atoms with Gasteiger partial charge in [0.15, 0.2) is 0 Å². The van der Waals surface area contributed by atoms with Crippen LogP contribution < -0.4 is 16.2 Å². The van der Waals surface area contributed by atoms with E-state index in [9.17, 15) is 22.8 Å². The van der Waals surface area contributed by atoms with Crippen LogP contribution in [0.5, 0.6) is 0 Å². The number of aromatic nitrogens is 1. The van der Waals surface area contributed by atoms with Crippen molar-refractivity contribution in [3.05, 3.63) is 63.1 Å². The highest BCUT2D eigenvalue weighted by Crippen LogP contribution is 2.31. The van der Waals surface area contributed by atoms with Crippen LogP contribution in [0.25, 0.3) is 0 Å². The third-order valence-electron chi connectivity index (χ3n) is 4.10. The maximum atomic E-state index is 12.6. The molecule has 3 rings (SSSR count). The molecule has 1 aromatic carbocycles. The molecule has 3 N–H and O–H groups in total. The number of amides is 1. The number of hydrogen-bond donors (Lipinski definition) is 3. The van der Waals surface area contributed by atoms with Crippen LogP contribution in [-0.4, -0.2) is 17.4 Å². The summed E-state index contributed by atoms with van der Waals surface area (Å²) < 4.78 is 37.8. The van der Waals surface area contributed by atoms with Gasteiger partial charge in [0.05, 0.1) is 6.04 Å². The smallest absolute Gasteiger partial charge is 0.385 e. The molecule has 1 atom stereocenters. The van der Waals surface area contributed by atoms with E-state index >= 15 is 0 Å². The van der Waals surface area contributed by atoms with E-state index in [0.717, 1.165) is 22.9 Å². The summed E-state index contributed by atoms with van der Waals surface area (Å²) in [6.07, 6.45) is -2.81. The number of anilines is 1. The molecule has 8 heteroatoms. The summed E-state index contributed by atoms with van der Waals surface area (Å²) in [4.78, 5) is 25.9. The van der Waals surface area contributed by atoms with Gasteiger partial charge in [-0.25, -0.2) is 0 Å². The number of benzene rings is 1. The number of rotatable bonds is 2. The predicted octanol–water partition coefficient (Wildman–Crippen LogP) is 4.41. The van der Waals surface area contributed by atoms with E-state index in [-0.39, 0.29) is 11.6 Å². The van der Waals surface area contributed by atoms with Gasteiger partial charge in [0.1, 0.15) is 11.3 Å². The highest BCUT2D eigenvalue weighted by molar-refractivity contribution is 5.94. The Hall–Kier alpha value is -2.77. The standard InChI is InChI=1S/C17H16F3N3O2.C3H8/c1-9-2-4-12-11(8-9)13(6-7-21-12)22-15(24)10-3-5-14(17(18,19)20)23-16(10)25;1-3-2/h2-5,8,13,21H,6-7H2,1H3,(H,22,24)(H,23,25);3H2,1-2H3/t13-;/m1./s1. The molecule has 0 fully saturated rings. The zero-order chi connectivity index (χ0) is 20.9. The molecule has 5 nitrogen and oxygen atoms in total. The number of nitrogens with one attached hydrogen (secondary N) is 3. The van der Waals surface area contributed by atoms with Crippen molar-refractivity contribution in [3.63, 3.8) is 0 Å². The molecule has 0 aliphatic carbocycles.